The largest absolute Gasteiger partial charge is 0.332 e. The van der Waals surface area contributed by atoms with E-state index in [1.54, 1.807) is 16.9 Å². The maximum atomic E-state index is 12.2. The van der Waals surface area contributed by atoms with Gasteiger partial charge in [-0.3, -0.25) is 4.72 Å². The summed E-state index contributed by atoms with van der Waals surface area (Å²) < 4.78 is 28.5. The maximum Gasteiger partial charge on any atom is 0.280 e. The van der Waals surface area contributed by atoms with Crippen molar-refractivity contribution in [2.45, 2.75) is 38.3 Å². The fraction of sp³-hybridized carbons (Fsp3) is 0.455. The number of rotatable bonds is 5. The molecule has 19 heavy (non-hydrogen) atoms. The third kappa shape index (κ3) is 2.78. The minimum absolute atomic E-state index is 0.0563. The highest BCUT2D eigenvalue weighted by Crippen LogP contribution is 2.17. The van der Waals surface area contributed by atoms with Gasteiger partial charge in [0.1, 0.15) is 11.6 Å². The Morgan fingerprint density at radius 2 is 2.21 bits per heavy atom. The van der Waals surface area contributed by atoms with Crippen molar-refractivity contribution in [2.75, 3.05) is 4.72 Å². The van der Waals surface area contributed by atoms with E-state index in [2.05, 4.69) is 19.8 Å². The van der Waals surface area contributed by atoms with Gasteiger partial charge in [0.05, 0.1) is 12.4 Å². The molecule has 8 heteroatoms. The highest BCUT2D eigenvalue weighted by Gasteiger charge is 2.19. The molecule has 2 aromatic heterocycles. The summed E-state index contributed by atoms with van der Waals surface area (Å²) in [7, 11) is -3.66. The molecule has 2 N–H and O–H groups in total. The molecule has 0 aliphatic rings. The summed E-state index contributed by atoms with van der Waals surface area (Å²) in [4.78, 5) is 6.76. The Bertz CT molecular complexity index is 656. The number of aromatic nitrogens is 4. The molecule has 0 amide bonds. The minimum Gasteiger partial charge on any atom is -0.332 e. The van der Waals surface area contributed by atoms with Crippen molar-refractivity contribution < 1.29 is 8.42 Å². The van der Waals surface area contributed by atoms with Gasteiger partial charge < -0.3 is 4.98 Å². The predicted molar refractivity (Wildman–Crippen MR) is 71.4 cm³/mol. The molecule has 2 aromatic rings. The Kier molecular flexibility index (Phi) is 3.61. The van der Waals surface area contributed by atoms with Crippen LogP contribution in [-0.4, -0.2) is 28.2 Å². The molecule has 0 saturated carbocycles. The molecule has 0 radical (unpaired) electrons. The van der Waals surface area contributed by atoms with Crippen LogP contribution in [0, 0.1) is 0 Å². The van der Waals surface area contributed by atoms with E-state index >= 15 is 0 Å². The van der Waals surface area contributed by atoms with Crippen molar-refractivity contribution in [1.82, 2.24) is 19.7 Å². The minimum atomic E-state index is -3.66. The lowest BCUT2D eigenvalue weighted by molar-refractivity contribution is 0.539. The highest BCUT2D eigenvalue weighted by atomic mass is 32.2. The number of nitrogens with zero attached hydrogens (tertiary/aromatic N) is 3. The van der Waals surface area contributed by atoms with Crippen LogP contribution in [0.3, 0.4) is 0 Å². The van der Waals surface area contributed by atoms with Gasteiger partial charge in [-0.15, -0.1) is 0 Å². The quantitative estimate of drug-likeness (QED) is 0.870. The van der Waals surface area contributed by atoms with E-state index in [0.717, 1.165) is 0 Å². The lowest BCUT2D eigenvalue weighted by atomic mass is 10.4. The lowest BCUT2D eigenvalue weighted by Gasteiger charge is -2.12. The Morgan fingerprint density at radius 3 is 2.79 bits per heavy atom. The molecule has 104 valence electrons. The first kappa shape index (κ1) is 13.6. The first-order valence-corrected chi connectivity index (χ1v) is 7.52. The van der Waals surface area contributed by atoms with Gasteiger partial charge in [-0.05, 0) is 13.8 Å². The van der Waals surface area contributed by atoms with Crippen LogP contribution in [0.1, 0.15) is 32.6 Å². The summed E-state index contributed by atoms with van der Waals surface area (Å²) in [6.45, 7) is 5.75. The number of aryl methyl sites for hydroxylation is 1. The van der Waals surface area contributed by atoms with Gasteiger partial charge in [-0.2, -0.15) is 13.5 Å². The highest BCUT2D eigenvalue weighted by molar-refractivity contribution is 7.92. The molecule has 0 aliphatic carbocycles. The summed E-state index contributed by atoms with van der Waals surface area (Å²) in [5.74, 6) is 1.07. The van der Waals surface area contributed by atoms with Crippen LogP contribution < -0.4 is 4.72 Å². The average Bonchev–Trinajstić information content (AvgIpc) is 2.95. The molecule has 0 aromatic carbocycles. The standard InChI is InChI=1S/C11H17N5O2S/c1-4-9-12-7-11(14-9)19(17,18)15-10-5-6-13-16(10)8(2)3/h5-8,15H,4H2,1-3H3,(H,12,14). The van der Waals surface area contributed by atoms with E-state index in [-0.39, 0.29) is 11.1 Å². The number of anilines is 1. The van der Waals surface area contributed by atoms with Gasteiger partial charge in [-0.25, -0.2) is 9.67 Å². The van der Waals surface area contributed by atoms with Crippen LogP contribution in [0.4, 0.5) is 5.82 Å². The van der Waals surface area contributed by atoms with Crippen LogP contribution in [0.25, 0.3) is 0 Å². The van der Waals surface area contributed by atoms with Crippen LogP contribution in [0.2, 0.25) is 0 Å². The van der Waals surface area contributed by atoms with Crippen LogP contribution >= 0.6 is 0 Å². The summed E-state index contributed by atoms with van der Waals surface area (Å²) >= 11 is 0. The third-order valence-electron chi connectivity index (χ3n) is 2.63. The van der Waals surface area contributed by atoms with E-state index in [1.807, 2.05) is 20.8 Å². The second-order valence-corrected chi connectivity index (χ2v) is 6.06. The maximum absolute atomic E-state index is 12.2. The smallest absolute Gasteiger partial charge is 0.280 e. The van der Waals surface area contributed by atoms with Gasteiger partial charge >= 0.3 is 0 Å². The number of hydrogen-bond donors (Lipinski definition) is 2. The Balaban J connectivity index is 2.28. The van der Waals surface area contributed by atoms with Crippen molar-refractivity contribution >= 4 is 15.8 Å². The zero-order valence-electron chi connectivity index (χ0n) is 11.1. The molecule has 0 aliphatic heterocycles. The molecule has 0 atom stereocenters. The fourth-order valence-electron chi connectivity index (χ4n) is 1.66. The number of imidazole rings is 1. The molecule has 0 saturated heterocycles. The number of nitrogens with one attached hydrogen (secondary N) is 2. The second kappa shape index (κ2) is 5.04. The van der Waals surface area contributed by atoms with Gasteiger partial charge in [0.25, 0.3) is 10.0 Å². The van der Waals surface area contributed by atoms with Crippen molar-refractivity contribution in [3.8, 4) is 0 Å². The Morgan fingerprint density at radius 1 is 1.47 bits per heavy atom. The van der Waals surface area contributed by atoms with Crippen LogP contribution in [0.15, 0.2) is 23.5 Å². The Hall–Kier alpha value is -1.83. The van der Waals surface area contributed by atoms with Crippen molar-refractivity contribution in [3.63, 3.8) is 0 Å². The molecule has 2 heterocycles. The van der Waals surface area contributed by atoms with E-state index in [4.69, 9.17) is 0 Å². The van der Waals surface area contributed by atoms with E-state index in [9.17, 15) is 8.42 Å². The monoisotopic (exact) mass is 283 g/mol. The lowest BCUT2D eigenvalue weighted by Crippen LogP contribution is -2.17. The molecule has 7 nitrogen and oxygen atoms in total. The van der Waals surface area contributed by atoms with Gasteiger partial charge in [0.2, 0.25) is 0 Å². The zero-order chi connectivity index (χ0) is 14.0. The molecule has 0 unspecified atom stereocenters. The summed E-state index contributed by atoms with van der Waals surface area (Å²) in [6, 6.07) is 1.69. The molecule has 0 bridgehead atoms. The normalized spacial score (nSPS) is 12.0. The van der Waals surface area contributed by atoms with Crippen LogP contribution in [0.5, 0.6) is 0 Å². The number of hydrogen-bond acceptors (Lipinski definition) is 4. The molecular formula is C11H17N5O2S. The van der Waals surface area contributed by atoms with Crippen molar-refractivity contribution in [2.24, 2.45) is 0 Å². The average molecular weight is 283 g/mol. The van der Waals surface area contributed by atoms with E-state index < -0.39 is 10.0 Å². The third-order valence-corrected chi connectivity index (χ3v) is 3.89. The summed E-state index contributed by atoms with van der Waals surface area (Å²) in [5, 5.41) is 4.14. The zero-order valence-corrected chi connectivity index (χ0v) is 11.9. The Labute approximate surface area is 112 Å². The summed E-state index contributed by atoms with van der Waals surface area (Å²) in [6.07, 6.45) is 3.53. The van der Waals surface area contributed by atoms with Crippen molar-refractivity contribution in [3.05, 3.63) is 24.3 Å². The first-order valence-electron chi connectivity index (χ1n) is 6.04. The fourth-order valence-corrected chi connectivity index (χ4v) is 2.65. The number of sulfonamides is 1. The SMILES string of the molecule is CCc1ncc(S(=O)(=O)Nc2ccnn2C(C)C)[nH]1. The molecular weight excluding hydrogens is 266 g/mol. The van der Waals surface area contributed by atoms with E-state index in [0.29, 0.717) is 18.1 Å². The topological polar surface area (TPSA) is 92.7 Å². The first-order chi connectivity index (χ1) is 8.94. The van der Waals surface area contributed by atoms with Gasteiger partial charge in [0.15, 0.2) is 5.03 Å². The second-order valence-electron chi connectivity index (χ2n) is 4.41. The van der Waals surface area contributed by atoms with Gasteiger partial charge in [-0.1, -0.05) is 6.92 Å². The van der Waals surface area contributed by atoms with Crippen LogP contribution in [-0.2, 0) is 16.4 Å². The molecule has 0 fully saturated rings. The number of H-pyrrole nitrogens is 1. The van der Waals surface area contributed by atoms with Gasteiger partial charge in [0, 0.05) is 18.5 Å². The van der Waals surface area contributed by atoms with E-state index in [1.165, 1.54) is 6.20 Å². The number of aromatic amines is 1. The molecule has 2 rings (SSSR count). The summed E-state index contributed by atoms with van der Waals surface area (Å²) in [5.41, 5.74) is 0. The predicted octanol–water partition coefficient (Wildman–Crippen LogP) is 1.55. The molecule has 0 spiro atoms. The van der Waals surface area contributed by atoms with Crippen molar-refractivity contribution in [1.29, 1.82) is 0 Å².